The molecule has 0 saturated heterocycles. The fraction of sp³-hybridized carbons (Fsp3) is 0.786. The summed E-state index contributed by atoms with van der Waals surface area (Å²) < 4.78 is 5.57. The van der Waals surface area contributed by atoms with Gasteiger partial charge in [0.15, 0.2) is 0 Å². The number of hydrogen-bond donors (Lipinski definition) is 0. The maximum Gasteiger partial charge on any atom is 0.330 e. The van der Waals surface area contributed by atoms with Gasteiger partial charge in [0, 0.05) is 6.08 Å². The fourth-order valence-corrected chi connectivity index (χ4v) is 2.06. The minimum absolute atomic E-state index is 0.255. The van der Waals surface area contributed by atoms with Gasteiger partial charge in [0.25, 0.3) is 0 Å². The van der Waals surface area contributed by atoms with Gasteiger partial charge in [-0.05, 0) is 25.7 Å². The molecule has 0 heterocycles. The van der Waals surface area contributed by atoms with E-state index >= 15 is 0 Å². The second-order valence-electron chi connectivity index (χ2n) is 4.37. The van der Waals surface area contributed by atoms with Crippen molar-refractivity contribution in [3.05, 3.63) is 12.7 Å². The summed E-state index contributed by atoms with van der Waals surface area (Å²) in [6, 6.07) is 0. The Labute approximate surface area is 100 Å². The number of unbranched alkanes of at least 4 members (excludes halogenated alkanes) is 2. The van der Waals surface area contributed by atoms with Crippen molar-refractivity contribution in [1.82, 2.24) is 0 Å². The van der Waals surface area contributed by atoms with Crippen LogP contribution in [0.2, 0.25) is 0 Å². The van der Waals surface area contributed by atoms with Gasteiger partial charge in [-0.25, -0.2) is 4.79 Å². The molecule has 0 aliphatic heterocycles. The zero-order valence-corrected chi connectivity index (χ0v) is 11.1. The number of esters is 1. The Morgan fingerprint density at radius 1 is 1.19 bits per heavy atom. The van der Waals surface area contributed by atoms with E-state index in [1.165, 1.54) is 18.9 Å². The zero-order valence-electron chi connectivity index (χ0n) is 11.1. The Morgan fingerprint density at radius 2 is 1.88 bits per heavy atom. The van der Waals surface area contributed by atoms with E-state index in [0.717, 1.165) is 32.1 Å². The lowest BCUT2D eigenvalue weighted by Crippen LogP contribution is -2.34. The zero-order chi connectivity index (χ0) is 12.4. The van der Waals surface area contributed by atoms with Crippen LogP contribution in [0.15, 0.2) is 12.7 Å². The molecule has 0 fully saturated rings. The van der Waals surface area contributed by atoms with Gasteiger partial charge in [0.05, 0.1) is 0 Å². The van der Waals surface area contributed by atoms with Crippen LogP contribution in [0, 0.1) is 0 Å². The van der Waals surface area contributed by atoms with E-state index in [-0.39, 0.29) is 11.6 Å². The highest BCUT2D eigenvalue weighted by Gasteiger charge is 2.30. The van der Waals surface area contributed by atoms with Crippen molar-refractivity contribution >= 4 is 5.97 Å². The first-order valence-electron chi connectivity index (χ1n) is 6.49. The van der Waals surface area contributed by atoms with Crippen molar-refractivity contribution in [2.24, 2.45) is 0 Å². The largest absolute Gasteiger partial charge is 0.456 e. The molecule has 0 N–H and O–H groups in total. The van der Waals surface area contributed by atoms with Crippen molar-refractivity contribution in [3.8, 4) is 0 Å². The first-order chi connectivity index (χ1) is 7.64. The Morgan fingerprint density at radius 3 is 2.31 bits per heavy atom. The maximum atomic E-state index is 11.4. The molecule has 2 heteroatoms. The summed E-state index contributed by atoms with van der Waals surface area (Å²) in [5.74, 6) is -0.285. The Bertz CT molecular complexity index is 211. The van der Waals surface area contributed by atoms with Crippen LogP contribution in [0.5, 0.6) is 0 Å². The molecule has 1 atom stereocenters. The molecule has 1 unspecified atom stereocenters. The van der Waals surface area contributed by atoms with Crippen molar-refractivity contribution in [2.45, 2.75) is 71.3 Å². The molecule has 0 aliphatic carbocycles. The predicted octanol–water partition coefficient (Wildman–Crippen LogP) is 4.24. The minimum Gasteiger partial charge on any atom is -0.456 e. The van der Waals surface area contributed by atoms with Gasteiger partial charge in [0.2, 0.25) is 0 Å². The molecule has 0 amide bonds. The topological polar surface area (TPSA) is 26.3 Å². The molecule has 94 valence electrons. The van der Waals surface area contributed by atoms with Crippen LogP contribution in [-0.4, -0.2) is 11.6 Å². The Balaban J connectivity index is 4.43. The van der Waals surface area contributed by atoms with Gasteiger partial charge in [-0.1, -0.05) is 46.6 Å². The molecular formula is C14H26O2. The van der Waals surface area contributed by atoms with Crippen LogP contribution < -0.4 is 0 Å². The third kappa shape index (κ3) is 5.34. The highest BCUT2D eigenvalue weighted by atomic mass is 16.6. The summed E-state index contributed by atoms with van der Waals surface area (Å²) in [6.45, 7) is 9.87. The van der Waals surface area contributed by atoms with Crippen molar-refractivity contribution in [2.75, 3.05) is 0 Å². The maximum absolute atomic E-state index is 11.4. The average molecular weight is 226 g/mol. The van der Waals surface area contributed by atoms with E-state index in [1.807, 2.05) is 0 Å². The second-order valence-corrected chi connectivity index (χ2v) is 4.37. The first-order valence-corrected chi connectivity index (χ1v) is 6.49. The third-order valence-corrected chi connectivity index (χ3v) is 3.07. The third-order valence-electron chi connectivity index (χ3n) is 3.07. The Kier molecular flexibility index (Phi) is 7.96. The lowest BCUT2D eigenvalue weighted by Gasteiger charge is -2.32. The van der Waals surface area contributed by atoms with Crippen LogP contribution in [-0.2, 0) is 9.53 Å². The molecule has 0 aromatic heterocycles. The van der Waals surface area contributed by atoms with E-state index < -0.39 is 0 Å². The number of carbonyl (C=O) groups excluding carboxylic acids is 1. The molecule has 0 radical (unpaired) electrons. The SMILES string of the molecule is C=CC(=O)OC(CC)(CCC)CCCCC. The summed E-state index contributed by atoms with van der Waals surface area (Å²) in [4.78, 5) is 11.4. The summed E-state index contributed by atoms with van der Waals surface area (Å²) in [5, 5.41) is 0. The second kappa shape index (κ2) is 8.37. The van der Waals surface area contributed by atoms with E-state index in [2.05, 4.69) is 27.4 Å². The van der Waals surface area contributed by atoms with Crippen molar-refractivity contribution in [3.63, 3.8) is 0 Å². The predicted molar refractivity (Wildman–Crippen MR) is 68.4 cm³/mol. The van der Waals surface area contributed by atoms with Crippen LogP contribution in [0.1, 0.15) is 65.7 Å². The van der Waals surface area contributed by atoms with Crippen LogP contribution in [0.4, 0.5) is 0 Å². The van der Waals surface area contributed by atoms with Gasteiger partial charge in [-0.2, -0.15) is 0 Å². The summed E-state index contributed by atoms with van der Waals surface area (Å²) in [6.07, 6.45) is 8.67. The number of carbonyl (C=O) groups is 1. The Hall–Kier alpha value is -0.790. The monoisotopic (exact) mass is 226 g/mol. The number of hydrogen-bond acceptors (Lipinski definition) is 2. The number of rotatable bonds is 9. The summed E-state index contributed by atoms with van der Waals surface area (Å²) in [5.41, 5.74) is -0.255. The van der Waals surface area contributed by atoms with Gasteiger partial charge in [0.1, 0.15) is 5.60 Å². The van der Waals surface area contributed by atoms with E-state index in [0.29, 0.717) is 0 Å². The molecule has 0 rings (SSSR count). The van der Waals surface area contributed by atoms with E-state index in [1.54, 1.807) is 0 Å². The number of ether oxygens (including phenoxy) is 1. The van der Waals surface area contributed by atoms with Gasteiger partial charge in [-0.3, -0.25) is 0 Å². The summed E-state index contributed by atoms with van der Waals surface area (Å²) >= 11 is 0. The quantitative estimate of drug-likeness (QED) is 0.334. The van der Waals surface area contributed by atoms with E-state index in [9.17, 15) is 4.79 Å². The van der Waals surface area contributed by atoms with Gasteiger partial charge < -0.3 is 4.74 Å². The molecule has 16 heavy (non-hydrogen) atoms. The fourth-order valence-electron chi connectivity index (χ4n) is 2.06. The molecule has 0 bridgehead atoms. The lowest BCUT2D eigenvalue weighted by atomic mass is 9.88. The van der Waals surface area contributed by atoms with Crippen LogP contribution in [0.25, 0.3) is 0 Å². The molecule has 0 saturated carbocycles. The van der Waals surface area contributed by atoms with Crippen LogP contribution in [0.3, 0.4) is 0 Å². The van der Waals surface area contributed by atoms with Crippen molar-refractivity contribution < 1.29 is 9.53 Å². The smallest absolute Gasteiger partial charge is 0.330 e. The molecular weight excluding hydrogens is 200 g/mol. The van der Waals surface area contributed by atoms with E-state index in [4.69, 9.17) is 4.74 Å². The minimum atomic E-state index is -0.285. The molecule has 0 aliphatic rings. The van der Waals surface area contributed by atoms with Crippen LogP contribution >= 0.6 is 0 Å². The normalized spacial score (nSPS) is 14.2. The van der Waals surface area contributed by atoms with Gasteiger partial charge >= 0.3 is 5.97 Å². The lowest BCUT2D eigenvalue weighted by molar-refractivity contribution is -0.155. The molecule has 0 spiro atoms. The molecule has 0 aromatic rings. The molecule has 2 nitrogen and oxygen atoms in total. The highest BCUT2D eigenvalue weighted by Crippen LogP contribution is 2.29. The summed E-state index contributed by atoms with van der Waals surface area (Å²) in [7, 11) is 0. The standard InChI is InChI=1S/C14H26O2/c1-5-9-10-12-14(8-4,11-6-2)16-13(15)7-3/h7H,3,5-6,8-12H2,1-2,4H3. The average Bonchev–Trinajstić information content (AvgIpc) is 2.29. The first kappa shape index (κ1) is 15.2. The van der Waals surface area contributed by atoms with Gasteiger partial charge in [-0.15, -0.1) is 0 Å². The highest BCUT2D eigenvalue weighted by molar-refractivity contribution is 5.81. The van der Waals surface area contributed by atoms with Crippen molar-refractivity contribution in [1.29, 1.82) is 0 Å². The molecule has 0 aromatic carbocycles.